The van der Waals surface area contributed by atoms with Crippen LogP contribution in [-0.2, 0) is 22.4 Å². The Balaban J connectivity index is 2.31. The molecule has 28 heavy (non-hydrogen) atoms. The lowest BCUT2D eigenvalue weighted by Gasteiger charge is -2.24. The maximum Gasteiger partial charge on any atom is 0.252 e. The van der Waals surface area contributed by atoms with Crippen molar-refractivity contribution in [1.82, 2.24) is 20.0 Å². The third-order valence-corrected chi connectivity index (χ3v) is 5.05. The molecule has 0 aliphatic heterocycles. The molecule has 2 rings (SSSR count). The maximum atomic E-state index is 13.0. The van der Waals surface area contributed by atoms with Crippen molar-refractivity contribution in [2.45, 2.75) is 26.7 Å². The molecule has 0 aliphatic carbocycles. The van der Waals surface area contributed by atoms with Crippen LogP contribution in [0.3, 0.4) is 0 Å². The smallest absolute Gasteiger partial charge is 0.252 e. The number of carbonyl (C=O) groups is 2. The lowest BCUT2D eigenvalue weighted by atomic mass is 10.0. The first-order valence-corrected chi connectivity index (χ1v) is 9.75. The van der Waals surface area contributed by atoms with Gasteiger partial charge in [-0.05, 0) is 24.8 Å². The summed E-state index contributed by atoms with van der Waals surface area (Å²) >= 11 is 1.48. The fraction of sp³-hybridized carbons (Fsp3) is 0.471. The number of carbonyl (C=O) groups excluding carboxylic acids is 2. The Hall–Kier alpha value is -2.63. The number of anilines is 2. The number of nitrogens with two attached hydrogens (primary N) is 1. The fourth-order valence-corrected chi connectivity index (χ4v) is 3.23. The minimum Gasteiger partial charge on any atom is -0.344 e. The number of hydrazine groups is 1. The number of aromatic nitrogens is 3. The van der Waals surface area contributed by atoms with Crippen molar-refractivity contribution in [3.8, 4) is 0 Å². The van der Waals surface area contributed by atoms with Crippen LogP contribution >= 0.6 is 11.3 Å². The van der Waals surface area contributed by atoms with Gasteiger partial charge in [-0.1, -0.05) is 13.0 Å². The van der Waals surface area contributed by atoms with Crippen LogP contribution in [0.5, 0.6) is 0 Å². The van der Waals surface area contributed by atoms with E-state index in [-0.39, 0.29) is 18.9 Å². The molecule has 2 heterocycles. The second-order valence-electron chi connectivity index (χ2n) is 6.14. The van der Waals surface area contributed by atoms with Crippen LogP contribution < -0.4 is 15.8 Å². The predicted octanol–water partition coefficient (Wildman–Crippen LogP) is 0.865. The molecule has 2 aromatic heterocycles. The van der Waals surface area contributed by atoms with E-state index in [1.807, 2.05) is 43.3 Å². The Morgan fingerprint density at radius 1 is 1.32 bits per heavy atom. The van der Waals surface area contributed by atoms with E-state index in [2.05, 4.69) is 15.0 Å². The van der Waals surface area contributed by atoms with Crippen molar-refractivity contribution in [2.24, 2.45) is 11.8 Å². The van der Waals surface area contributed by atoms with Gasteiger partial charge in [-0.25, -0.2) is 15.9 Å². The largest absolute Gasteiger partial charge is 0.344 e. The molecule has 0 radical (unpaired) electrons. The minimum atomic E-state index is -0.756. The highest BCUT2D eigenvalue weighted by atomic mass is 32.1. The van der Waals surface area contributed by atoms with Crippen molar-refractivity contribution >= 4 is 35.6 Å². The molecule has 0 saturated carbocycles. The summed E-state index contributed by atoms with van der Waals surface area (Å²) < 4.78 is 0. The number of rotatable bonds is 10. The van der Waals surface area contributed by atoms with Crippen LogP contribution in [-0.4, -0.2) is 57.7 Å². The summed E-state index contributed by atoms with van der Waals surface area (Å²) in [4.78, 5) is 39.5. The Kier molecular flexibility index (Phi) is 7.79. The van der Waals surface area contributed by atoms with Crippen molar-refractivity contribution < 1.29 is 14.8 Å². The Morgan fingerprint density at radius 2 is 2.04 bits per heavy atom. The topological polar surface area (TPSA) is 129 Å². The third-order valence-electron chi connectivity index (χ3n) is 4.15. The van der Waals surface area contributed by atoms with Crippen LogP contribution in [0.1, 0.15) is 24.5 Å². The summed E-state index contributed by atoms with van der Waals surface area (Å²) in [5, 5.41) is 12.8. The van der Waals surface area contributed by atoms with Crippen LogP contribution in [0, 0.1) is 5.92 Å². The zero-order chi connectivity index (χ0) is 20.7. The molecule has 3 N–H and O–H groups in total. The average molecular weight is 408 g/mol. The molecule has 152 valence electrons. The quantitative estimate of drug-likeness (QED) is 0.195. The van der Waals surface area contributed by atoms with Crippen molar-refractivity contribution in [3.63, 3.8) is 0 Å². The van der Waals surface area contributed by atoms with E-state index >= 15 is 0 Å². The number of amides is 2. The van der Waals surface area contributed by atoms with E-state index in [1.165, 1.54) is 11.3 Å². The second kappa shape index (κ2) is 10.1. The number of hydrogen-bond donors (Lipinski definition) is 2. The maximum absolute atomic E-state index is 13.0. The summed E-state index contributed by atoms with van der Waals surface area (Å²) in [5.41, 5.74) is 0. The summed E-state index contributed by atoms with van der Waals surface area (Å²) in [7, 11) is 1.83. The van der Waals surface area contributed by atoms with Crippen molar-refractivity contribution in [2.75, 3.05) is 30.0 Å². The first-order valence-electron chi connectivity index (χ1n) is 8.87. The van der Waals surface area contributed by atoms with Crippen molar-refractivity contribution in [3.05, 3.63) is 28.2 Å². The first kappa shape index (κ1) is 21.7. The van der Waals surface area contributed by atoms with Crippen LogP contribution in [0.4, 0.5) is 11.9 Å². The summed E-state index contributed by atoms with van der Waals surface area (Å²) in [6.07, 6.45) is 1.13. The molecule has 0 saturated heterocycles. The monoisotopic (exact) mass is 407 g/mol. The van der Waals surface area contributed by atoms with Gasteiger partial charge in [-0.2, -0.15) is 15.0 Å². The Morgan fingerprint density at radius 3 is 2.61 bits per heavy atom. The van der Waals surface area contributed by atoms with Crippen LogP contribution in [0.25, 0.3) is 0 Å². The molecule has 2 amide bonds. The van der Waals surface area contributed by atoms with E-state index in [0.29, 0.717) is 36.2 Å². The number of hydroxylamine groups is 2. The Labute approximate surface area is 167 Å². The average Bonchev–Trinajstić information content (AvgIpc) is 3.24. The zero-order valence-corrected chi connectivity index (χ0v) is 17.0. The molecule has 0 aliphatic rings. The molecule has 11 heteroatoms. The number of hydrogen-bond acceptors (Lipinski definition) is 9. The highest BCUT2D eigenvalue weighted by molar-refractivity contribution is 7.09. The van der Waals surface area contributed by atoms with E-state index in [0.717, 1.165) is 9.89 Å². The van der Waals surface area contributed by atoms with Crippen LogP contribution in [0.15, 0.2) is 17.5 Å². The van der Waals surface area contributed by atoms with Gasteiger partial charge in [-0.15, -0.1) is 11.3 Å². The zero-order valence-electron chi connectivity index (χ0n) is 16.1. The van der Waals surface area contributed by atoms with Gasteiger partial charge in [-0.3, -0.25) is 14.8 Å². The van der Waals surface area contributed by atoms with Gasteiger partial charge in [0.05, 0.1) is 12.5 Å². The summed E-state index contributed by atoms with van der Waals surface area (Å²) in [6.45, 7) is 4.32. The SMILES string of the molecule is CCc1nc(N(C)CC)nc(N(N)C(=O)[C@H](Cc2cccs2)CN(O)C=O)n1. The van der Waals surface area contributed by atoms with E-state index < -0.39 is 11.8 Å². The lowest BCUT2D eigenvalue weighted by molar-refractivity contribution is -0.154. The molecule has 2 aromatic rings. The Bertz CT molecular complexity index is 787. The number of aryl methyl sites for hydroxylation is 1. The molecular weight excluding hydrogens is 382 g/mol. The molecule has 0 aromatic carbocycles. The highest BCUT2D eigenvalue weighted by Crippen LogP contribution is 2.19. The molecule has 1 atom stereocenters. The van der Waals surface area contributed by atoms with Gasteiger partial charge >= 0.3 is 0 Å². The standard InChI is InChI=1S/C17H25N7O3S/c1-4-14-19-16(22(3)5-2)21-17(20-14)24(18)15(26)12(10-23(27)11-25)9-13-7-6-8-28-13/h6-8,11-12,27H,4-5,9-10,18H2,1-3H3/t12-/m1/s1. The van der Waals surface area contributed by atoms with Gasteiger partial charge < -0.3 is 4.90 Å². The van der Waals surface area contributed by atoms with Gasteiger partial charge in [0, 0.05) is 24.9 Å². The van der Waals surface area contributed by atoms with Crippen LogP contribution in [0.2, 0.25) is 0 Å². The molecular formula is C17H25N7O3S. The highest BCUT2D eigenvalue weighted by Gasteiger charge is 2.28. The molecule has 10 nitrogen and oxygen atoms in total. The fourth-order valence-electron chi connectivity index (χ4n) is 2.44. The first-order chi connectivity index (χ1) is 13.4. The lowest BCUT2D eigenvalue weighted by Crippen LogP contribution is -2.46. The number of thiophene rings is 1. The molecule has 0 unspecified atom stereocenters. The van der Waals surface area contributed by atoms with Gasteiger partial charge in [0.15, 0.2) is 0 Å². The van der Waals surface area contributed by atoms with Crippen molar-refractivity contribution in [1.29, 1.82) is 0 Å². The second-order valence-corrected chi connectivity index (χ2v) is 7.17. The third kappa shape index (κ3) is 5.44. The van der Waals surface area contributed by atoms with Gasteiger partial charge in [0.1, 0.15) is 5.82 Å². The summed E-state index contributed by atoms with van der Waals surface area (Å²) in [6, 6.07) is 3.74. The summed E-state index contributed by atoms with van der Waals surface area (Å²) in [5.74, 6) is 5.74. The molecule has 0 spiro atoms. The van der Waals surface area contributed by atoms with Gasteiger partial charge in [0.25, 0.3) is 5.95 Å². The predicted molar refractivity (Wildman–Crippen MR) is 106 cm³/mol. The molecule has 0 fully saturated rings. The molecule has 0 bridgehead atoms. The number of nitrogens with zero attached hydrogens (tertiary/aromatic N) is 6. The van der Waals surface area contributed by atoms with E-state index in [1.54, 1.807) is 0 Å². The van der Waals surface area contributed by atoms with E-state index in [9.17, 15) is 14.8 Å². The minimum absolute atomic E-state index is 0.0268. The van der Waals surface area contributed by atoms with Gasteiger partial charge in [0.2, 0.25) is 18.3 Å². The normalized spacial score (nSPS) is 11.8. The van der Waals surface area contributed by atoms with E-state index in [4.69, 9.17) is 5.84 Å².